The van der Waals surface area contributed by atoms with Gasteiger partial charge in [-0.2, -0.15) is 0 Å². The Balaban J connectivity index is 0.00000338. The van der Waals surface area contributed by atoms with Crippen molar-refractivity contribution in [2.45, 2.75) is 31.8 Å². The Morgan fingerprint density at radius 3 is 2.31 bits per heavy atom. The number of benzene rings is 2. The van der Waals surface area contributed by atoms with Gasteiger partial charge in [-0.05, 0) is 37.1 Å². The molecule has 0 spiro atoms. The van der Waals surface area contributed by atoms with Gasteiger partial charge in [0.1, 0.15) is 0 Å². The van der Waals surface area contributed by atoms with Crippen LogP contribution in [0.2, 0.25) is 0 Å². The van der Waals surface area contributed by atoms with Gasteiger partial charge in [0.25, 0.3) is 0 Å². The second-order valence-corrected chi connectivity index (χ2v) is 7.97. The van der Waals surface area contributed by atoms with Crippen LogP contribution >= 0.6 is 24.0 Å². The smallest absolute Gasteiger partial charge is 0.191 e. The summed E-state index contributed by atoms with van der Waals surface area (Å²) in [5.74, 6) is 0.733. The molecule has 2 rings (SSSR count). The van der Waals surface area contributed by atoms with E-state index in [-0.39, 0.29) is 24.0 Å². The van der Waals surface area contributed by atoms with Crippen molar-refractivity contribution in [2.75, 3.05) is 12.8 Å². The lowest BCUT2D eigenvalue weighted by molar-refractivity contribution is 0.602. The molecule has 0 atom stereocenters. The molecule has 0 unspecified atom stereocenters. The monoisotopic (exact) mass is 487 g/mol. The number of hydrogen-bond donors (Lipinski definition) is 2. The zero-order valence-electron chi connectivity index (χ0n) is 15.3. The van der Waals surface area contributed by atoms with Crippen LogP contribution in [-0.4, -0.2) is 27.2 Å². The molecule has 0 aromatic heterocycles. The number of nitrogens with one attached hydrogen (secondary N) is 2. The molecule has 0 fully saturated rings. The van der Waals surface area contributed by atoms with E-state index in [0.717, 1.165) is 23.6 Å². The highest BCUT2D eigenvalue weighted by molar-refractivity contribution is 14.0. The maximum absolute atomic E-state index is 11.5. The highest BCUT2D eigenvalue weighted by Gasteiger charge is 2.06. The topological polar surface area (TPSA) is 70.6 Å². The van der Waals surface area contributed by atoms with Crippen LogP contribution < -0.4 is 10.6 Å². The van der Waals surface area contributed by atoms with E-state index in [9.17, 15) is 8.42 Å². The molecule has 26 heavy (non-hydrogen) atoms. The second kappa shape index (κ2) is 10.5. The molecule has 7 heteroatoms. The summed E-state index contributed by atoms with van der Waals surface area (Å²) in [7, 11) is -3.16. The standard InChI is InChI=1S/C19H25N3O2S.HI/c1-4-20-19(22-14-17-7-5-6-15(2)12-17)21-13-16-8-10-18(11-9-16)25(3,23)24;/h5-12H,4,13-14H2,1-3H3,(H2,20,21,22);1H. The maximum atomic E-state index is 11.5. The van der Waals surface area contributed by atoms with E-state index >= 15 is 0 Å². The molecule has 0 aliphatic carbocycles. The van der Waals surface area contributed by atoms with Crippen LogP contribution in [0.3, 0.4) is 0 Å². The lowest BCUT2D eigenvalue weighted by Crippen LogP contribution is -2.36. The second-order valence-electron chi connectivity index (χ2n) is 5.95. The van der Waals surface area contributed by atoms with Gasteiger partial charge in [0.2, 0.25) is 0 Å². The van der Waals surface area contributed by atoms with Crippen molar-refractivity contribution in [1.82, 2.24) is 10.6 Å². The Morgan fingerprint density at radius 2 is 1.73 bits per heavy atom. The van der Waals surface area contributed by atoms with E-state index in [1.807, 2.05) is 25.1 Å². The van der Waals surface area contributed by atoms with Crippen molar-refractivity contribution in [1.29, 1.82) is 0 Å². The van der Waals surface area contributed by atoms with Crippen LogP contribution in [0.4, 0.5) is 0 Å². The van der Waals surface area contributed by atoms with Gasteiger partial charge in [-0.25, -0.2) is 13.4 Å². The molecular formula is C19H26IN3O2S. The van der Waals surface area contributed by atoms with Gasteiger partial charge in [0.05, 0.1) is 11.4 Å². The minimum Gasteiger partial charge on any atom is -0.357 e. The molecule has 0 radical (unpaired) electrons. The predicted octanol–water partition coefficient (Wildman–Crippen LogP) is 3.27. The lowest BCUT2D eigenvalue weighted by atomic mass is 10.1. The fraction of sp³-hybridized carbons (Fsp3) is 0.316. The lowest BCUT2D eigenvalue weighted by Gasteiger charge is -2.12. The number of halogens is 1. The van der Waals surface area contributed by atoms with Crippen LogP contribution in [0, 0.1) is 6.92 Å². The number of guanidine groups is 1. The molecule has 5 nitrogen and oxygen atoms in total. The van der Waals surface area contributed by atoms with E-state index in [1.54, 1.807) is 12.1 Å². The van der Waals surface area contributed by atoms with Crippen LogP contribution in [0.1, 0.15) is 23.6 Å². The van der Waals surface area contributed by atoms with E-state index in [2.05, 4.69) is 40.7 Å². The Kier molecular flexibility index (Phi) is 9.07. The Labute approximate surface area is 173 Å². The van der Waals surface area contributed by atoms with Crippen molar-refractivity contribution >= 4 is 39.8 Å². The molecule has 2 aromatic rings. The SMILES string of the molecule is CCNC(=NCc1cccc(C)c1)NCc1ccc(S(C)(=O)=O)cc1.I. The third-order valence-corrected chi connectivity index (χ3v) is 4.79. The molecule has 2 N–H and O–H groups in total. The number of hydrogen-bond acceptors (Lipinski definition) is 3. The molecule has 0 heterocycles. The summed E-state index contributed by atoms with van der Waals surface area (Å²) in [6, 6.07) is 15.2. The Morgan fingerprint density at radius 1 is 1.04 bits per heavy atom. The number of sulfone groups is 1. The minimum atomic E-state index is -3.16. The van der Waals surface area contributed by atoms with E-state index < -0.39 is 9.84 Å². The fourth-order valence-corrected chi connectivity index (χ4v) is 2.99. The van der Waals surface area contributed by atoms with E-state index in [4.69, 9.17) is 0 Å². The van der Waals surface area contributed by atoms with Gasteiger partial charge in [-0.1, -0.05) is 42.0 Å². The zero-order valence-corrected chi connectivity index (χ0v) is 18.5. The summed E-state index contributed by atoms with van der Waals surface area (Å²) in [6.07, 6.45) is 1.21. The highest BCUT2D eigenvalue weighted by Crippen LogP contribution is 2.10. The van der Waals surface area contributed by atoms with Gasteiger partial charge in [-0.15, -0.1) is 24.0 Å². The Hall–Kier alpha value is -1.61. The first kappa shape index (κ1) is 22.4. The van der Waals surface area contributed by atoms with Crippen molar-refractivity contribution in [2.24, 2.45) is 4.99 Å². The molecular weight excluding hydrogens is 461 g/mol. The quantitative estimate of drug-likeness (QED) is 0.373. The maximum Gasteiger partial charge on any atom is 0.191 e. The summed E-state index contributed by atoms with van der Waals surface area (Å²) in [5, 5.41) is 6.49. The summed E-state index contributed by atoms with van der Waals surface area (Å²) in [5.41, 5.74) is 3.37. The normalized spacial score (nSPS) is 11.6. The molecule has 0 amide bonds. The van der Waals surface area contributed by atoms with Gasteiger partial charge >= 0.3 is 0 Å². The molecule has 142 valence electrons. The summed E-state index contributed by atoms with van der Waals surface area (Å²) < 4.78 is 23.0. The first-order valence-electron chi connectivity index (χ1n) is 8.25. The number of rotatable bonds is 6. The van der Waals surface area contributed by atoms with E-state index in [0.29, 0.717) is 18.0 Å². The average molecular weight is 487 g/mol. The first-order chi connectivity index (χ1) is 11.9. The van der Waals surface area contributed by atoms with E-state index in [1.165, 1.54) is 11.8 Å². The minimum absolute atomic E-state index is 0. The summed E-state index contributed by atoms with van der Waals surface area (Å²) >= 11 is 0. The zero-order chi connectivity index (χ0) is 18.3. The van der Waals surface area contributed by atoms with Gasteiger partial charge < -0.3 is 10.6 Å². The molecule has 0 aliphatic heterocycles. The highest BCUT2D eigenvalue weighted by atomic mass is 127. The van der Waals surface area contributed by atoms with Crippen LogP contribution in [0.5, 0.6) is 0 Å². The van der Waals surface area contributed by atoms with Gasteiger partial charge in [-0.3, -0.25) is 0 Å². The van der Waals surface area contributed by atoms with Gasteiger partial charge in [0, 0.05) is 19.3 Å². The molecule has 0 saturated heterocycles. The largest absolute Gasteiger partial charge is 0.357 e. The molecule has 2 aromatic carbocycles. The third kappa shape index (κ3) is 7.33. The number of aryl methyl sites for hydroxylation is 1. The molecule has 0 bridgehead atoms. The first-order valence-corrected chi connectivity index (χ1v) is 10.1. The Bertz CT molecular complexity index is 834. The van der Waals surface area contributed by atoms with Crippen LogP contribution in [-0.2, 0) is 22.9 Å². The van der Waals surface area contributed by atoms with Crippen molar-refractivity contribution < 1.29 is 8.42 Å². The number of nitrogens with zero attached hydrogens (tertiary/aromatic N) is 1. The number of aliphatic imine (C=N–C) groups is 1. The van der Waals surface area contributed by atoms with Crippen molar-refractivity contribution in [3.63, 3.8) is 0 Å². The van der Waals surface area contributed by atoms with Gasteiger partial charge in [0.15, 0.2) is 15.8 Å². The third-order valence-electron chi connectivity index (χ3n) is 3.66. The van der Waals surface area contributed by atoms with Crippen LogP contribution in [0.15, 0.2) is 58.4 Å². The fourth-order valence-electron chi connectivity index (χ4n) is 2.36. The van der Waals surface area contributed by atoms with Crippen molar-refractivity contribution in [3.05, 3.63) is 65.2 Å². The molecule has 0 aliphatic rings. The van der Waals surface area contributed by atoms with Crippen LogP contribution in [0.25, 0.3) is 0 Å². The summed E-state index contributed by atoms with van der Waals surface area (Å²) in [4.78, 5) is 4.93. The predicted molar refractivity (Wildman–Crippen MR) is 118 cm³/mol. The van der Waals surface area contributed by atoms with Crippen molar-refractivity contribution in [3.8, 4) is 0 Å². The average Bonchev–Trinajstić information content (AvgIpc) is 2.57. The molecule has 0 saturated carbocycles. The summed E-state index contributed by atoms with van der Waals surface area (Å²) in [6.45, 7) is 6.03.